The van der Waals surface area contributed by atoms with E-state index in [1.807, 2.05) is 18.7 Å². The van der Waals surface area contributed by atoms with Crippen molar-refractivity contribution in [1.82, 2.24) is 4.90 Å². The Morgan fingerprint density at radius 3 is 2.45 bits per heavy atom. The highest BCUT2D eigenvalue weighted by atomic mass is 35.5. The van der Waals surface area contributed by atoms with Crippen LogP contribution in [0.25, 0.3) is 0 Å². The van der Waals surface area contributed by atoms with Crippen LogP contribution < -0.4 is 5.73 Å². The third kappa shape index (κ3) is 2.95. The summed E-state index contributed by atoms with van der Waals surface area (Å²) >= 11 is 12.6. The Morgan fingerprint density at radius 1 is 1.30 bits per heavy atom. The van der Waals surface area contributed by atoms with Gasteiger partial charge in [-0.15, -0.1) is 0 Å². The first-order chi connectivity index (χ1) is 9.43. The molecule has 2 atom stereocenters. The average molecular weight is 315 g/mol. The molecule has 20 heavy (non-hydrogen) atoms. The largest absolute Gasteiger partial charge is 0.332 e. The number of halogens is 2. The molecule has 2 N–H and O–H groups in total. The third-order valence-corrected chi connectivity index (χ3v) is 4.43. The highest BCUT2D eigenvalue weighted by Crippen LogP contribution is 2.39. The van der Waals surface area contributed by atoms with Crippen LogP contribution in [0.15, 0.2) is 18.2 Å². The van der Waals surface area contributed by atoms with E-state index in [4.69, 9.17) is 28.9 Å². The molecule has 0 spiro atoms. The van der Waals surface area contributed by atoms with Crippen molar-refractivity contribution >= 4 is 29.1 Å². The van der Waals surface area contributed by atoms with Crippen molar-refractivity contribution in [2.45, 2.75) is 51.2 Å². The maximum absolute atomic E-state index is 12.4. The van der Waals surface area contributed by atoms with E-state index < -0.39 is 0 Å². The zero-order chi connectivity index (χ0) is 14.9. The van der Waals surface area contributed by atoms with Crippen LogP contribution in [0.3, 0.4) is 0 Å². The maximum Gasteiger partial charge on any atom is 0.223 e. The lowest BCUT2D eigenvalue weighted by Crippen LogP contribution is -2.45. The fourth-order valence-electron chi connectivity index (χ4n) is 2.89. The number of nitrogens with zero attached hydrogens (tertiary/aromatic N) is 1. The van der Waals surface area contributed by atoms with Crippen LogP contribution in [-0.4, -0.2) is 22.9 Å². The summed E-state index contributed by atoms with van der Waals surface area (Å²) < 4.78 is 0. The predicted octanol–water partition coefficient (Wildman–Crippen LogP) is 3.78. The number of amides is 1. The van der Waals surface area contributed by atoms with Crippen LogP contribution in [0.1, 0.15) is 44.7 Å². The van der Waals surface area contributed by atoms with E-state index in [1.54, 1.807) is 18.2 Å². The molecule has 0 saturated carbocycles. The highest BCUT2D eigenvalue weighted by molar-refractivity contribution is 6.36. The first kappa shape index (κ1) is 15.6. The minimum Gasteiger partial charge on any atom is -0.332 e. The van der Waals surface area contributed by atoms with Crippen molar-refractivity contribution < 1.29 is 4.79 Å². The van der Waals surface area contributed by atoms with Crippen molar-refractivity contribution in [3.8, 4) is 0 Å². The number of benzene rings is 1. The van der Waals surface area contributed by atoms with E-state index in [2.05, 4.69) is 0 Å². The summed E-state index contributed by atoms with van der Waals surface area (Å²) in [6.45, 7) is 3.99. The molecule has 5 heteroatoms. The zero-order valence-corrected chi connectivity index (χ0v) is 13.3. The van der Waals surface area contributed by atoms with Crippen molar-refractivity contribution in [2.75, 3.05) is 0 Å². The summed E-state index contributed by atoms with van der Waals surface area (Å²) in [5.74, 6) is 0.119. The van der Waals surface area contributed by atoms with Gasteiger partial charge in [-0.3, -0.25) is 4.79 Å². The molecule has 3 nitrogen and oxygen atoms in total. The smallest absolute Gasteiger partial charge is 0.223 e. The Bertz CT molecular complexity index is 484. The second-order valence-electron chi connectivity index (χ2n) is 5.53. The Hall–Kier alpha value is -0.770. The van der Waals surface area contributed by atoms with E-state index in [0.29, 0.717) is 16.5 Å². The van der Waals surface area contributed by atoms with Crippen molar-refractivity contribution in [3.05, 3.63) is 33.8 Å². The molecular weight excluding hydrogens is 295 g/mol. The summed E-state index contributed by atoms with van der Waals surface area (Å²) in [5, 5.41) is 1.14. The summed E-state index contributed by atoms with van der Waals surface area (Å²) in [6, 6.07) is 5.04. The molecule has 0 aromatic heterocycles. The van der Waals surface area contributed by atoms with Crippen molar-refractivity contribution in [2.24, 2.45) is 5.73 Å². The number of nitrogens with two attached hydrogens (primary N) is 1. The number of carbonyl (C=O) groups excluding carboxylic acids is 1. The van der Waals surface area contributed by atoms with Crippen LogP contribution in [0.2, 0.25) is 10.0 Å². The summed E-state index contributed by atoms with van der Waals surface area (Å²) in [5.41, 5.74) is 7.10. The van der Waals surface area contributed by atoms with Gasteiger partial charge in [0.1, 0.15) is 0 Å². The number of hydrogen-bond donors (Lipinski definition) is 1. The number of rotatable bonds is 2. The predicted molar refractivity (Wildman–Crippen MR) is 83.0 cm³/mol. The molecule has 0 bridgehead atoms. The van der Waals surface area contributed by atoms with Gasteiger partial charge in [-0.1, -0.05) is 29.3 Å². The second-order valence-corrected chi connectivity index (χ2v) is 6.35. The molecule has 1 fully saturated rings. The summed E-state index contributed by atoms with van der Waals surface area (Å²) in [6.07, 6.45) is 2.13. The minimum atomic E-state index is -0.258. The van der Waals surface area contributed by atoms with Crippen LogP contribution in [0.4, 0.5) is 0 Å². The lowest BCUT2D eigenvalue weighted by atomic mass is 9.95. The first-order valence-electron chi connectivity index (χ1n) is 6.94. The fraction of sp³-hybridized carbons (Fsp3) is 0.533. The molecule has 1 heterocycles. The molecule has 1 saturated heterocycles. The molecule has 1 aromatic carbocycles. The van der Waals surface area contributed by atoms with E-state index in [1.165, 1.54) is 0 Å². The number of hydrogen-bond acceptors (Lipinski definition) is 2. The van der Waals surface area contributed by atoms with Gasteiger partial charge >= 0.3 is 0 Å². The number of carbonyl (C=O) groups is 1. The molecule has 0 radical (unpaired) electrons. The lowest BCUT2D eigenvalue weighted by molar-refractivity contribution is -0.135. The van der Waals surface area contributed by atoms with E-state index in [-0.39, 0.29) is 24.0 Å². The molecule has 2 rings (SSSR count). The Labute approximate surface area is 130 Å². The summed E-state index contributed by atoms with van der Waals surface area (Å²) in [7, 11) is 0. The van der Waals surface area contributed by atoms with Gasteiger partial charge in [0.05, 0.1) is 6.04 Å². The molecule has 0 aliphatic carbocycles. The van der Waals surface area contributed by atoms with Crippen molar-refractivity contribution in [1.29, 1.82) is 0 Å². The van der Waals surface area contributed by atoms with Gasteiger partial charge in [0.25, 0.3) is 0 Å². The zero-order valence-electron chi connectivity index (χ0n) is 11.8. The van der Waals surface area contributed by atoms with Gasteiger partial charge in [-0.2, -0.15) is 0 Å². The summed E-state index contributed by atoms with van der Waals surface area (Å²) in [4.78, 5) is 14.2. The van der Waals surface area contributed by atoms with E-state index >= 15 is 0 Å². The fourth-order valence-corrected chi connectivity index (χ4v) is 3.51. The minimum absolute atomic E-state index is 0.0592. The monoisotopic (exact) mass is 314 g/mol. The van der Waals surface area contributed by atoms with E-state index in [0.717, 1.165) is 18.4 Å². The Balaban J connectivity index is 2.55. The van der Waals surface area contributed by atoms with Crippen LogP contribution in [-0.2, 0) is 4.79 Å². The van der Waals surface area contributed by atoms with Gasteiger partial charge in [0.2, 0.25) is 5.91 Å². The quantitative estimate of drug-likeness (QED) is 0.903. The van der Waals surface area contributed by atoms with Crippen LogP contribution in [0, 0.1) is 0 Å². The van der Waals surface area contributed by atoms with Gasteiger partial charge in [-0.25, -0.2) is 0 Å². The normalized spacial score (nSPS) is 24.1. The standard InChI is InChI=1S/C15H20Cl2N2O/c1-9(2)19-13(20)8-4-7-12(18)15(19)14-10(16)5-3-6-11(14)17/h3,5-6,9,12,15H,4,7-8,18H2,1-2H3. The Morgan fingerprint density at radius 2 is 1.90 bits per heavy atom. The van der Waals surface area contributed by atoms with Gasteiger partial charge in [0.15, 0.2) is 0 Å². The number of likely N-dealkylation sites (tertiary alicyclic amines) is 1. The van der Waals surface area contributed by atoms with Gasteiger partial charge in [0, 0.05) is 34.1 Å². The highest BCUT2D eigenvalue weighted by Gasteiger charge is 2.36. The maximum atomic E-state index is 12.4. The molecule has 2 unspecified atom stereocenters. The average Bonchev–Trinajstić information content (AvgIpc) is 2.49. The molecule has 1 aliphatic heterocycles. The SMILES string of the molecule is CC(C)N1C(=O)CCCC(N)C1c1c(Cl)cccc1Cl. The van der Waals surface area contributed by atoms with E-state index in [9.17, 15) is 4.79 Å². The molecule has 1 amide bonds. The third-order valence-electron chi connectivity index (χ3n) is 3.77. The van der Waals surface area contributed by atoms with Crippen LogP contribution in [0.5, 0.6) is 0 Å². The topological polar surface area (TPSA) is 46.3 Å². The van der Waals surface area contributed by atoms with Gasteiger partial charge in [-0.05, 0) is 38.8 Å². The molecule has 110 valence electrons. The second kappa shape index (κ2) is 6.33. The molecule has 1 aliphatic rings. The van der Waals surface area contributed by atoms with Crippen LogP contribution >= 0.6 is 23.2 Å². The first-order valence-corrected chi connectivity index (χ1v) is 7.69. The van der Waals surface area contributed by atoms with Crippen molar-refractivity contribution in [3.63, 3.8) is 0 Å². The molecular formula is C15H20Cl2N2O. The van der Waals surface area contributed by atoms with Gasteiger partial charge < -0.3 is 10.6 Å². The molecule has 1 aromatic rings. The lowest BCUT2D eigenvalue weighted by Gasteiger charge is -2.37. The Kier molecular flexibility index (Phi) is 4.95.